The Bertz CT molecular complexity index is 633. The van der Waals surface area contributed by atoms with Gasteiger partial charge >= 0.3 is 0 Å². The minimum atomic E-state index is -1.90. The fourth-order valence-corrected chi connectivity index (χ4v) is 4.81. The molecule has 0 saturated carbocycles. The molecule has 0 bridgehead atoms. The summed E-state index contributed by atoms with van der Waals surface area (Å²) in [5.74, 6) is 0.603. The standard InChI is InChI=1S/C26H46O3Si/c1-19(2)25(29-30(9,10)26(6,7)8)22(5)24(27)16-20(3)21(4)17-28-18-23-14-12-11-13-15-23/h11-15,19,21-22,24-25,27H,3,16-18H2,1-2,4-10H3/t21-,22-,24+,25+/m1/s1. The van der Waals surface area contributed by atoms with Gasteiger partial charge in [-0.2, -0.15) is 0 Å². The summed E-state index contributed by atoms with van der Waals surface area (Å²) in [4.78, 5) is 0. The monoisotopic (exact) mass is 434 g/mol. The second kappa shape index (κ2) is 11.6. The molecule has 0 aliphatic rings. The van der Waals surface area contributed by atoms with Crippen LogP contribution in [0.4, 0.5) is 0 Å². The maximum absolute atomic E-state index is 11.0. The molecule has 0 amide bonds. The Morgan fingerprint density at radius 2 is 1.63 bits per heavy atom. The van der Waals surface area contributed by atoms with Crippen molar-refractivity contribution < 1.29 is 14.3 Å². The molecule has 3 nitrogen and oxygen atoms in total. The van der Waals surface area contributed by atoms with Gasteiger partial charge in [0.05, 0.1) is 25.4 Å². The van der Waals surface area contributed by atoms with Gasteiger partial charge in [-0.15, -0.1) is 0 Å². The third-order valence-electron chi connectivity index (χ3n) is 6.67. The Morgan fingerprint density at radius 3 is 2.13 bits per heavy atom. The maximum Gasteiger partial charge on any atom is 0.192 e. The van der Waals surface area contributed by atoms with Gasteiger partial charge < -0.3 is 14.3 Å². The highest BCUT2D eigenvalue weighted by Crippen LogP contribution is 2.39. The normalized spacial score (nSPS) is 16.9. The van der Waals surface area contributed by atoms with Crippen molar-refractivity contribution >= 4 is 8.32 Å². The molecule has 0 unspecified atom stereocenters. The predicted molar refractivity (Wildman–Crippen MR) is 131 cm³/mol. The summed E-state index contributed by atoms with van der Waals surface area (Å²) < 4.78 is 12.6. The zero-order chi connectivity index (χ0) is 23.1. The van der Waals surface area contributed by atoms with Gasteiger partial charge in [0.1, 0.15) is 0 Å². The maximum atomic E-state index is 11.0. The van der Waals surface area contributed by atoms with E-state index in [2.05, 4.69) is 80.3 Å². The van der Waals surface area contributed by atoms with Crippen molar-refractivity contribution in [3.63, 3.8) is 0 Å². The fraction of sp³-hybridized carbons (Fsp3) is 0.692. The molecule has 0 aromatic heterocycles. The van der Waals surface area contributed by atoms with Crippen molar-refractivity contribution in [1.29, 1.82) is 0 Å². The zero-order valence-corrected chi connectivity index (χ0v) is 21.9. The van der Waals surface area contributed by atoms with E-state index in [1.807, 2.05) is 18.2 Å². The van der Waals surface area contributed by atoms with Crippen molar-refractivity contribution in [2.24, 2.45) is 17.8 Å². The van der Waals surface area contributed by atoms with Crippen LogP contribution in [0.5, 0.6) is 0 Å². The highest BCUT2D eigenvalue weighted by Gasteiger charge is 2.41. The van der Waals surface area contributed by atoms with E-state index in [1.54, 1.807) is 0 Å². The second-order valence-electron chi connectivity index (χ2n) is 10.8. The summed E-state index contributed by atoms with van der Waals surface area (Å²) in [7, 11) is -1.90. The van der Waals surface area contributed by atoms with Gasteiger partial charge in [0, 0.05) is 11.8 Å². The lowest BCUT2D eigenvalue weighted by Gasteiger charge is -2.43. The molecule has 4 atom stereocenters. The summed E-state index contributed by atoms with van der Waals surface area (Å²) in [6.07, 6.45) is 0.158. The first-order valence-corrected chi connectivity index (χ1v) is 14.3. The highest BCUT2D eigenvalue weighted by molar-refractivity contribution is 6.74. The minimum absolute atomic E-state index is 0.0401. The number of rotatable bonds is 12. The van der Waals surface area contributed by atoms with Gasteiger partial charge in [-0.05, 0) is 36.0 Å². The number of benzene rings is 1. The topological polar surface area (TPSA) is 38.7 Å². The summed E-state index contributed by atoms with van der Waals surface area (Å²) in [6.45, 7) is 25.4. The van der Waals surface area contributed by atoms with Gasteiger partial charge in [0.2, 0.25) is 0 Å². The van der Waals surface area contributed by atoms with E-state index in [1.165, 1.54) is 5.56 Å². The number of hydrogen-bond donors (Lipinski definition) is 1. The van der Waals surface area contributed by atoms with Gasteiger partial charge in [-0.1, -0.05) is 91.0 Å². The van der Waals surface area contributed by atoms with Crippen LogP contribution in [-0.4, -0.2) is 32.2 Å². The van der Waals surface area contributed by atoms with E-state index in [-0.39, 0.29) is 23.0 Å². The van der Waals surface area contributed by atoms with Crippen LogP contribution in [0.2, 0.25) is 18.1 Å². The molecule has 172 valence electrons. The van der Waals surface area contributed by atoms with Crippen LogP contribution in [0, 0.1) is 17.8 Å². The lowest BCUT2D eigenvalue weighted by molar-refractivity contribution is 0.00402. The Hall–Kier alpha value is -0.943. The average Bonchev–Trinajstić information content (AvgIpc) is 2.65. The first kappa shape index (κ1) is 27.1. The smallest absolute Gasteiger partial charge is 0.192 e. The third-order valence-corrected chi connectivity index (χ3v) is 11.1. The van der Waals surface area contributed by atoms with E-state index in [0.29, 0.717) is 25.6 Å². The molecule has 1 aromatic rings. The van der Waals surface area contributed by atoms with Gasteiger partial charge in [0.15, 0.2) is 8.32 Å². The largest absolute Gasteiger partial charge is 0.413 e. The first-order chi connectivity index (χ1) is 13.8. The first-order valence-electron chi connectivity index (χ1n) is 11.4. The molecule has 0 aliphatic carbocycles. The molecule has 4 heteroatoms. The summed E-state index contributed by atoms with van der Waals surface area (Å²) >= 11 is 0. The number of hydrogen-bond acceptors (Lipinski definition) is 3. The van der Waals surface area contributed by atoms with Gasteiger partial charge in [-0.25, -0.2) is 0 Å². The van der Waals surface area contributed by atoms with Crippen molar-refractivity contribution in [3.8, 4) is 0 Å². The third kappa shape index (κ3) is 8.30. The van der Waals surface area contributed by atoms with Crippen molar-refractivity contribution in [2.45, 2.75) is 91.8 Å². The minimum Gasteiger partial charge on any atom is -0.413 e. The summed E-state index contributed by atoms with van der Waals surface area (Å²) in [6, 6.07) is 10.2. The number of ether oxygens (including phenoxy) is 1. The van der Waals surface area contributed by atoms with Crippen LogP contribution in [0.3, 0.4) is 0 Å². The summed E-state index contributed by atoms with van der Waals surface area (Å²) in [5, 5.41) is 11.1. The molecule has 0 saturated heterocycles. The fourth-order valence-electron chi connectivity index (χ4n) is 3.29. The second-order valence-corrected chi connectivity index (χ2v) is 15.5. The molecular formula is C26H46O3Si. The SMILES string of the molecule is C=C(C[C@H](O)[C@@H](C)[C@@H](O[Si](C)(C)C(C)(C)C)C(C)C)[C@H](C)COCc1ccccc1. The summed E-state index contributed by atoms with van der Waals surface area (Å²) in [5.41, 5.74) is 2.21. The van der Waals surface area contributed by atoms with Gasteiger partial charge in [0.25, 0.3) is 0 Å². The Kier molecular flexibility index (Phi) is 10.5. The van der Waals surface area contributed by atoms with Crippen molar-refractivity contribution in [2.75, 3.05) is 6.61 Å². The molecule has 1 rings (SSSR count). The van der Waals surface area contributed by atoms with Crippen LogP contribution in [0.25, 0.3) is 0 Å². The molecule has 1 aromatic carbocycles. The molecule has 1 N–H and O–H groups in total. The van der Waals surface area contributed by atoms with Gasteiger partial charge in [-0.3, -0.25) is 0 Å². The van der Waals surface area contributed by atoms with Crippen LogP contribution < -0.4 is 0 Å². The molecule has 0 aliphatic heterocycles. The zero-order valence-electron chi connectivity index (χ0n) is 20.9. The Balaban J connectivity index is 2.62. The Morgan fingerprint density at radius 1 is 1.07 bits per heavy atom. The van der Waals surface area contributed by atoms with Crippen molar-refractivity contribution in [1.82, 2.24) is 0 Å². The molecule has 0 heterocycles. The van der Waals surface area contributed by atoms with Crippen LogP contribution in [0.1, 0.15) is 60.5 Å². The predicted octanol–water partition coefficient (Wildman–Crippen LogP) is 6.83. The van der Waals surface area contributed by atoms with E-state index in [4.69, 9.17) is 9.16 Å². The molecule has 30 heavy (non-hydrogen) atoms. The van der Waals surface area contributed by atoms with E-state index >= 15 is 0 Å². The van der Waals surface area contributed by atoms with Crippen molar-refractivity contribution in [3.05, 3.63) is 48.0 Å². The Labute approximate surface area is 187 Å². The average molecular weight is 435 g/mol. The van der Waals surface area contributed by atoms with Crippen LogP contribution in [-0.2, 0) is 15.8 Å². The quantitative estimate of drug-likeness (QED) is 0.289. The lowest BCUT2D eigenvalue weighted by atomic mass is 9.86. The number of aliphatic hydroxyl groups excluding tert-OH is 1. The van der Waals surface area contributed by atoms with E-state index < -0.39 is 14.4 Å². The van der Waals surface area contributed by atoms with Crippen LogP contribution >= 0.6 is 0 Å². The van der Waals surface area contributed by atoms with E-state index in [0.717, 1.165) is 5.57 Å². The molecule has 0 spiro atoms. The highest BCUT2D eigenvalue weighted by atomic mass is 28.4. The van der Waals surface area contributed by atoms with E-state index in [9.17, 15) is 5.11 Å². The molecular weight excluding hydrogens is 388 g/mol. The lowest BCUT2D eigenvalue weighted by Crippen LogP contribution is -2.48. The molecule has 0 radical (unpaired) electrons. The number of aliphatic hydroxyl groups is 1. The van der Waals surface area contributed by atoms with Crippen LogP contribution in [0.15, 0.2) is 42.5 Å². The molecule has 0 fully saturated rings.